The van der Waals surface area contributed by atoms with Gasteiger partial charge in [-0.3, -0.25) is 23.5 Å². The molecule has 226 valence electrons. The summed E-state index contributed by atoms with van der Waals surface area (Å²) in [5.74, 6) is 0.0383. The van der Waals surface area contributed by atoms with Crippen molar-refractivity contribution in [1.29, 1.82) is 0 Å². The van der Waals surface area contributed by atoms with Gasteiger partial charge in [-0.1, -0.05) is 24.5 Å². The van der Waals surface area contributed by atoms with Crippen molar-refractivity contribution in [2.75, 3.05) is 24.7 Å². The van der Waals surface area contributed by atoms with Crippen LogP contribution in [-0.2, 0) is 27.7 Å². The molecule has 6 heterocycles. The zero-order valence-corrected chi connectivity index (χ0v) is 25.1. The SMILES string of the molecule is Nc1nc2c(ncn2[C@@H]2O[C@H](CO)C[C@H]2P(=O)(S)OC[C@H]2O[C@@H](c3cnc4c(N)ncnn34)C[C@@H]2O[PH](=O)S)c(=O)[nH]1. The normalized spacial score (nSPS) is 28.5. The van der Waals surface area contributed by atoms with Crippen LogP contribution in [0.2, 0.25) is 0 Å². The van der Waals surface area contributed by atoms with E-state index in [4.69, 9.17) is 30.0 Å². The topological polar surface area (TPSA) is 250 Å². The van der Waals surface area contributed by atoms with Gasteiger partial charge >= 0.3 is 0 Å². The molecule has 2 aliphatic heterocycles. The summed E-state index contributed by atoms with van der Waals surface area (Å²) in [7, 11) is -2.68. The molecule has 2 saturated heterocycles. The predicted octanol–water partition coefficient (Wildman–Crippen LogP) is 0.744. The lowest BCUT2D eigenvalue weighted by Crippen LogP contribution is -2.28. The summed E-state index contributed by atoms with van der Waals surface area (Å²) in [6.07, 6.45) is 0.580. The number of imidazole rings is 2. The zero-order valence-electron chi connectivity index (χ0n) is 21.5. The lowest BCUT2D eigenvalue weighted by Gasteiger charge is -2.26. The number of thiol groups is 2. The standard InChI is InChI=1S/C20H26N10O8P2S2/c21-15-17-23-3-9(30(17)26-6-24-15)10-2-11(38-39(33)41)12(37-10)5-35-40(34,42)13-1-8(4-31)36-19(13)29-7-25-14-16(29)27-20(22)28-18(14)32/h3,6-8,10-13,19,31,39H,1-2,4-5H2,(H,33,41)(H,34,42)(H2,21,24,26)(H3,22,27,28,32)/t8-,10+,11-,12+,13+,19+,40?/m0/s1. The molecular formula is C20H26N10O8P2S2. The number of nitrogens with two attached hydrogens (primary N) is 2. The Morgan fingerprint density at radius 2 is 2.05 bits per heavy atom. The molecule has 0 amide bonds. The second-order valence-corrected chi connectivity index (χ2v) is 15.2. The maximum absolute atomic E-state index is 14.0. The summed E-state index contributed by atoms with van der Waals surface area (Å²) >= 11 is 8.33. The number of H-pyrrole nitrogens is 1. The molecule has 6 N–H and O–H groups in total. The van der Waals surface area contributed by atoms with Crippen molar-refractivity contribution in [3.8, 4) is 0 Å². The highest BCUT2D eigenvalue weighted by molar-refractivity contribution is 8.46. The minimum absolute atomic E-state index is 0.000650. The third-order valence-corrected chi connectivity index (χ3v) is 11.0. The van der Waals surface area contributed by atoms with Gasteiger partial charge in [-0.15, -0.1) is 0 Å². The molecule has 0 spiro atoms. The number of hydrogen-bond donors (Lipinski definition) is 6. The number of ether oxygens (including phenoxy) is 2. The summed E-state index contributed by atoms with van der Waals surface area (Å²) in [5.41, 5.74) is 11.2. The molecule has 6 rings (SSSR count). The smallest absolute Gasteiger partial charge is 0.280 e. The third kappa shape index (κ3) is 5.46. The molecule has 0 radical (unpaired) electrons. The van der Waals surface area contributed by atoms with Crippen LogP contribution in [0, 0.1) is 0 Å². The largest absolute Gasteiger partial charge is 0.394 e. The first-order valence-corrected chi connectivity index (χ1v) is 18.0. The summed E-state index contributed by atoms with van der Waals surface area (Å²) in [4.78, 5) is 31.1. The summed E-state index contributed by atoms with van der Waals surface area (Å²) in [6.45, 7) is -4.47. The van der Waals surface area contributed by atoms with Crippen LogP contribution in [0.1, 0.15) is 30.9 Å². The van der Waals surface area contributed by atoms with Gasteiger partial charge in [-0.05, 0) is 6.42 Å². The first-order chi connectivity index (χ1) is 20.1. The number of aliphatic hydroxyl groups excluding tert-OH is 1. The fourth-order valence-electron chi connectivity index (χ4n) is 5.18. The summed E-state index contributed by atoms with van der Waals surface area (Å²) in [5, 5.41) is 14.0. The third-order valence-electron chi connectivity index (χ3n) is 7.08. The van der Waals surface area contributed by atoms with Crippen molar-refractivity contribution in [3.63, 3.8) is 0 Å². The number of rotatable bonds is 9. The van der Waals surface area contributed by atoms with Crippen LogP contribution in [0.25, 0.3) is 16.8 Å². The van der Waals surface area contributed by atoms with Gasteiger partial charge in [0.1, 0.15) is 24.8 Å². The number of anilines is 2. The Bertz CT molecular complexity index is 1770. The van der Waals surface area contributed by atoms with Gasteiger partial charge in [0.2, 0.25) is 13.2 Å². The van der Waals surface area contributed by atoms with Crippen LogP contribution in [0.4, 0.5) is 11.8 Å². The maximum atomic E-state index is 14.0. The van der Waals surface area contributed by atoms with E-state index in [0.29, 0.717) is 11.3 Å². The van der Waals surface area contributed by atoms with E-state index >= 15 is 0 Å². The van der Waals surface area contributed by atoms with Gasteiger partial charge in [0.05, 0.1) is 49.3 Å². The maximum Gasteiger partial charge on any atom is 0.280 e. The fraction of sp³-hybridized carbons (Fsp3) is 0.500. The van der Waals surface area contributed by atoms with Crippen LogP contribution in [0.5, 0.6) is 0 Å². The Hall–Kier alpha value is -2.54. The Kier molecular flexibility index (Phi) is 8.10. The lowest BCUT2D eigenvalue weighted by atomic mass is 10.1. The Morgan fingerprint density at radius 1 is 1.24 bits per heavy atom. The number of nitrogen functional groups attached to an aromatic ring is 2. The van der Waals surface area contributed by atoms with Crippen LogP contribution in [0.15, 0.2) is 23.6 Å². The molecule has 4 aromatic heterocycles. The van der Waals surface area contributed by atoms with Crippen molar-refractivity contribution in [2.24, 2.45) is 0 Å². The van der Waals surface area contributed by atoms with Crippen molar-refractivity contribution >= 4 is 66.9 Å². The Labute approximate surface area is 247 Å². The highest BCUT2D eigenvalue weighted by Gasteiger charge is 2.48. The molecule has 2 unspecified atom stereocenters. The molecular weight excluding hydrogens is 634 g/mol. The molecule has 0 saturated carbocycles. The van der Waals surface area contributed by atoms with Crippen LogP contribution >= 0.6 is 38.3 Å². The number of fused-ring (bicyclic) bond motifs is 2. The van der Waals surface area contributed by atoms with E-state index in [1.54, 1.807) is 0 Å². The van der Waals surface area contributed by atoms with Gasteiger partial charge in [-0.25, -0.2) is 19.5 Å². The Balaban J connectivity index is 1.24. The van der Waals surface area contributed by atoms with E-state index in [2.05, 4.69) is 54.5 Å². The van der Waals surface area contributed by atoms with Gasteiger partial charge < -0.3 is 35.1 Å². The highest BCUT2D eigenvalue weighted by atomic mass is 32.7. The number of hydrogen-bond acceptors (Lipinski definition) is 15. The molecule has 4 aromatic rings. The first-order valence-electron chi connectivity index (χ1n) is 12.5. The van der Waals surface area contributed by atoms with Gasteiger partial charge in [0, 0.05) is 6.42 Å². The minimum atomic E-state index is -3.84. The average molecular weight is 661 g/mol. The minimum Gasteiger partial charge on any atom is -0.394 e. The van der Waals surface area contributed by atoms with E-state index in [1.807, 2.05) is 0 Å². The molecule has 42 heavy (non-hydrogen) atoms. The van der Waals surface area contributed by atoms with E-state index in [9.17, 15) is 19.0 Å². The number of aromatic nitrogens is 8. The van der Waals surface area contributed by atoms with Crippen molar-refractivity contribution in [2.45, 2.75) is 49.1 Å². The van der Waals surface area contributed by atoms with E-state index in [0.717, 1.165) is 0 Å². The molecule has 22 heteroatoms. The molecule has 18 nitrogen and oxygen atoms in total. The summed E-state index contributed by atoms with van der Waals surface area (Å²) in [6, 6.07) is 0. The quantitative estimate of drug-likeness (QED) is 0.107. The molecule has 2 fully saturated rings. The second kappa shape index (κ2) is 11.5. The van der Waals surface area contributed by atoms with E-state index < -0.39 is 55.7 Å². The number of nitrogens with one attached hydrogen (secondary N) is 1. The average Bonchev–Trinajstić information content (AvgIpc) is 3.71. The molecule has 0 bridgehead atoms. The van der Waals surface area contributed by atoms with E-state index in [1.165, 1.54) is 27.9 Å². The number of aromatic amines is 1. The number of nitrogens with zero attached hydrogens (tertiary/aromatic N) is 7. The summed E-state index contributed by atoms with van der Waals surface area (Å²) < 4.78 is 52.4. The predicted molar refractivity (Wildman–Crippen MR) is 155 cm³/mol. The molecule has 0 aromatic carbocycles. The monoisotopic (exact) mass is 660 g/mol. The molecule has 8 atom stereocenters. The van der Waals surface area contributed by atoms with Crippen molar-refractivity contribution in [3.05, 3.63) is 34.9 Å². The molecule has 2 aliphatic rings. The van der Waals surface area contributed by atoms with Gasteiger partial charge in [0.15, 0.2) is 22.6 Å². The fourth-order valence-corrected chi connectivity index (χ4v) is 8.50. The van der Waals surface area contributed by atoms with Gasteiger partial charge in [0.25, 0.3) is 12.1 Å². The first kappa shape index (κ1) is 29.5. The number of aliphatic hydroxyl groups is 1. The van der Waals surface area contributed by atoms with Crippen molar-refractivity contribution in [1.82, 2.24) is 39.1 Å². The van der Waals surface area contributed by atoms with Gasteiger partial charge in [-0.2, -0.15) is 10.1 Å². The van der Waals surface area contributed by atoms with Crippen LogP contribution in [-0.4, -0.2) is 81.4 Å². The zero-order chi connectivity index (χ0) is 29.8. The second-order valence-electron chi connectivity index (χ2n) is 9.65. The molecule has 0 aliphatic carbocycles. The van der Waals surface area contributed by atoms with Crippen molar-refractivity contribution < 1.29 is 32.8 Å². The van der Waals surface area contributed by atoms with E-state index in [-0.39, 0.29) is 49.0 Å². The highest BCUT2D eigenvalue weighted by Crippen LogP contribution is 2.64. The Morgan fingerprint density at radius 3 is 2.81 bits per heavy atom. The van der Waals surface area contributed by atoms with Crippen LogP contribution in [0.3, 0.4) is 0 Å². The lowest BCUT2D eigenvalue weighted by molar-refractivity contribution is -0.0223. The van der Waals surface area contributed by atoms with Crippen LogP contribution < -0.4 is 17.0 Å².